The van der Waals surface area contributed by atoms with Gasteiger partial charge in [0, 0.05) is 19.3 Å². The molecule has 0 amide bonds. The Balaban J connectivity index is 2.49. The molecule has 0 fully saturated rings. The van der Waals surface area contributed by atoms with Crippen molar-refractivity contribution in [1.29, 1.82) is 0 Å². The highest BCUT2D eigenvalue weighted by Crippen LogP contribution is 2.16. The Kier molecular flexibility index (Phi) is 3.69. The maximum absolute atomic E-state index is 4.39. The Labute approximate surface area is 86.5 Å². The first-order chi connectivity index (χ1) is 6.53. The van der Waals surface area contributed by atoms with Gasteiger partial charge in [0.2, 0.25) is 0 Å². The minimum atomic E-state index is 0.258. The van der Waals surface area contributed by atoms with Crippen LogP contribution in [0.3, 0.4) is 0 Å². The van der Waals surface area contributed by atoms with E-state index in [0.29, 0.717) is 0 Å². The highest BCUT2D eigenvalue weighted by atomic mass is 15.3. The molecule has 80 valence electrons. The molecule has 0 saturated carbocycles. The van der Waals surface area contributed by atoms with E-state index in [1.54, 1.807) is 0 Å². The summed E-state index contributed by atoms with van der Waals surface area (Å²) in [5, 5.41) is 7.77. The van der Waals surface area contributed by atoms with Crippen molar-refractivity contribution in [3.05, 3.63) is 18.0 Å². The van der Waals surface area contributed by atoms with E-state index in [1.807, 2.05) is 23.9 Å². The van der Waals surface area contributed by atoms with Gasteiger partial charge in [-0.1, -0.05) is 20.8 Å². The second-order valence-corrected chi connectivity index (χ2v) is 4.60. The minimum absolute atomic E-state index is 0.258. The first-order valence-corrected chi connectivity index (χ1v) is 5.24. The molecule has 0 saturated heterocycles. The summed E-state index contributed by atoms with van der Waals surface area (Å²) in [6.07, 6.45) is 2.04. The summed E-state index contributed by atoms with van der Waals surface area (Å²) in [4.78, 5) is 0. The number of rotatable bonds is 5. The smallest absolute Gasteiger partial charge is 0.0593 e. The normalized spacial score (nSPS) is 12.0. The van der Waals surface area contributed by atoms with E-state index in [2.05, 4.69) is 31.2 Å². The molecule has 3 heteroatoms. The molecule has 0 unspecified atom stereocenters. The first-order valence-electron chi connectivity index (χ1n) is 5.24. The largest absolute Gasteiger partial charge is 0.316 e. The standard InChI is InChI=1S/C11H21N3/c1-5-12-8-11(3,4)9-14-7-6-10(2)13-14/h6-7,12H,5,8-9H2,1-4H3. The molecule has 0 atom stereocenters. The number of hydrogen-bond acceptors (Lipinski definition) is 2. The monoisotopic (exact) mass is 195 g/mol. The van der Waals surface area contributed by atoms with Gasteiger partial charge >= 0.3 is 0 Å². The zero-order valence-corrected chi connectivity index (χ0v) is 9.67. The Morgan fingerprint density at radius 2 is 2.21 bits per heavy atom. The van der Waals surface area contributed by atoms with Crippen LogP contribution in [-0.2, 0) is 6.54 Å². The van der Waals surface area contributed by atoms with Crippen molar-refractivity contribution in [2.75, 3.05) is 13.1 Å². The van der Waals surface area contributed by atoms with Gasteiger partial charge < -0.3 is 5.32 Å². The van der Waals surface area contributed by atoms with Crippen LogP contribution in [0.25, 0.3) is 0 Å². The molecule has 14 heavy (non-hydrogen) atoms. The van der Waals surface area contributed by atoms with Crippen molar-refractivity contribution in [3.63, 3.8) is 0 Å². The zero-order valence-electron chi connectivity index (χ0n) is 9.67. The fraction of sp³-hybridized carbons (Fsp3) is 0.727. The maximum Gasteiger partial charge on any atom is 0.0593 e. The van der Waals surface area contributed by atoms with E-state index in [4.69, 9.17) is 0 Å². The number of hydrogen-bond donors (Lipinski definition) is 1. The summed E-state index contributed by atoms with van der Waals surface area (Å²) in [5.41, 5.74) is 1.35. The molecule has 0 aliphatic carbocycles. The van der Waals surface area contributed by atoms with Crippen LogP contribution in [0, 0.1) is 12.3 Å². The summed E-state index contributed by atoms with van der Waals surface area (Å²) < 4.78 is 2.02. The highest BCUT2D eigenvalue weighted by molar-refractivity contribution is 4.95. The van der Waals surface area contributed by atoms with Crippen LogP contribution in [-0.4, -0.2) is 22.9 Å². The van der Waals surface area contributed by atoms with E-state index in [1.165, 1.54) is 0 Å². The van der Waals surface area contributed by atoms with Crippen molar-refractivity contribution < 1.29 is 0 Å². The summed E-state index contributed by atoms with van der Waals surface area (Å²) in [7, 11) is 0. The van der Waals surface area contributed by atoms with Gasteiger partial charge in [-0.05, 0) is 24.9 Å². The zero-order chi connectivity index (χ0) is 10.6. The van der Waals surface area contributed by atoms with Crippen molar-refractivity contribution in [2.45, 2.75) is 34.2 Å². The summed E-state index contributed by atoms with van der Waals surface area (Å²) >= 11 is 0. The highest BCUT2D eigenvalue weighted by Gasteiger charge is 2.17. The minimum Gasteiger partial charge on any atom is -0.316 e. The molecule has 0 spiro atoms. The van der Waals surface area contributed by atoms with Crippen LogP contribution in [0.5, 0.6) is 0 Å². The van der Waals surface area contributed by atoms with Gasteiger partial charge in [0.25, 0.3) is 0 Å². The van der Waals surface area contributed by atoms with Crippen molar-refractivity contribution in [3.8, 4) is 0 Å². The fourth-order valence-electron chi connectivity index (χ4n) is 1.51. The summed E-state index contributed by atoms with van der Waals surface area (Å²) in [6.45, 7) is 11.7. The van der Waals surface area contributed by atoms with Gasteiger partial charge in [0.15, 0.2) is 0 Å². The number of nitrogens with zero attached hydrogens (tertiary/aromatic N) is 2. The van der Waals surface area contributed by atoms with Gasteiger partial charge in [-0.15, -0.1) is 0 Å². The lowest BCUT2D eigenvalue weighted by Gasteiger charge is -2.24. The third kappa shape index (κ3) is 3.50. The Morgan fingerprint density at radius 3 is 2.71 bits per heavy atom. The van der Waals surface area contributed by atoms with Gasteiger partial charge in [-0.2, -0.15) is 5.10 Å². The third-order valence-corrected chi connectivity index (χ3v) is 2.22. The molecule has 1 N–H and O–H groups in total. The van der Waals surface area contributed by atoms with E-state index < -0.39 is 0 Å². The van der Waals surface area contributed by atoms with Gasteiger partial charge in [0.05, 0.1) is 5.69 Å². The van der Waals surface area contributed by atoms with E-state index in [-0.39, 0.29) is 5.41 Å². The van der Waals surface area contributed by atoms with Crippen LogP contribution in [0.2, 0.25) is 0 Å². The maximum atomic E-state index is 4.39. The molecule has 0 bridgehead atoms. The predicted molar refractivity (Wildman–Crippen MR) is 59.3 cm³/mol. The van der Waals surface area contributed by atoms with E-state index in [0.717, 1.165) is 25.3 Å². The van der Waals surface area contributed by atoms with Crippen molar-refractivity contribution >= 4 is 0 Å². The van der Waals surface area contributed by atoms with Gasteiger partial charge in [0.1, 0.15) is 0 Å². The molecule has 1 aromatic rings. The molecule has 3 nitrogen and oxygen atoms in total. The van der Waals surface area contributed by atoms with Crippen LogP contribution in [0.15, 0.2) is 12.3 Å². The lowest BCUT2D eigenvalue weighted by molar-refractivity contribution is 0.278. The fourth-order valence-corrected chi connectivity index (χ4v) is 1.51. The SMILES string of the molecule is CCNCC(C)(C)Cn1ccc(C)n1. The summed E-state index contributed by atoms with van der Waals surface area (Å²) in [5.74, 6) is 0. The molecule has 0 aliphatic rings. The number of aromatic nitrogens is 2. The third-order valence-electron chi connectivity index (χ3n) is 2.22. The van der Waals surface area contributed by atoms with Crippen molar-refractivity contribution in [2.24, 2.45) is 5.41 Å². The summed E-state index contributed by atoms with van der Waals surface area (Å²) in [6, 6.07) is 2.04. The van der Waals surface area contributed by atoms with Crippen LogP contribution < -0.4 is 5.32 Å². The van der Waals surface area contributed by atoms with E-state index >= 15 is 0 Å². The quantitative estimate of drug-likeness (QED) is 0.776. The topological polar surface area (TPSA) is 29.9 Å². The molecular weight excluding hydrogens is 174 g/mol. The second kappa shape index (κ2) is 4.60. The first kappa shape index (κ1) is 11.2. The molecule has 1 heterocycles. The van der Waals surface area contributed by atoms with Crippen LogP contribution >= 0.6 is 0 Å². The van der Waals surface area contributed by atoms with Crippen LogP contribution in [0.1, 0.15) is 26.5 Å². The predicted octanol–water partition coefficient (Wildman–Crippen LogP) is 1.83. The van der Waals surface area contributed by atoms with E-state index in [9.17, 15) is 0 Å². The Morgan fingerprint density at radius 1 is 1.50 bits per heavy atom. The Bertz CT molecular complexity index is 276. The molecular formula is C11H21N3. The lowest BCUT2D eigenvalue weighted by atomic mass is 9.93. The van der Waals surface area contributed by atoms with Gasteiger partial charge in [-0.3, -0.25) is 4.68 Å². The average molecular weight is 195 g/mol. The Hall–Kier alpha value is -0.830. The molecule has 1 rings (SSSR count). The molecule has 1 aromatic heterocycles. The van der Waals surface area contributed by atoms with Gasteiger partial charge in [-0.25, -0.2) is 0 Å². The average Bonchev–Trinajstić information content (AvgIpc) is 2.47. The van der Waals surface area contributed by atoms with Crippen molar-refractivity contribution in [1.82, 2.24) is 15.1 Å². The number of aryl methyl sites for hydroxylation is 1. The molecule has 0 radical (unpaired) electrons. The van der Waals surface area contributed by atoms with Crippen LogP contribution in [0.4, 0.5) is 0 Å². The molecule has 0 aliphatic heterocycles. The molecule has 0 aromatic carbocycles. The number of nitrogens with one attached hydrogen (secondary N) is 1. The lowest BCUT2D eigenvalue weighted by Crippen LogP contribution is -2.33. The second-order valence-electron chi connectivity index (χ2n) is 4.60.